The predicted octanol–water partition coefficient (Wildman–Crippen LogP) is 3.51. The quantitative estimate of drug-likeness (QED) is 0.716. The van der Waals surface area contributed by atoms with Gasteiger partial charge in [0.1, 0.15) is 5.01 Å². The third kappa shape index (κ3) is 4.47. The van der Waals surface area contributed by atoms with Crippen LogP contribution in [0.2, 0.25) is 0 Å². The van der Waals surface area contributed by atoms with Crippen LogP contribution in [0.15, 0.2) is 55.0 Å². The van der Waals surface area contributed by atoms with Crippen LogP contribution in [0.4, 0.5) is 0 Å². The van der Waals surface area contributed by atoms with E-state index in [0.717, 1.165) is 29.2 Å². The van der Waals surface area contributed by atoms with E-state index in [9.17, 15) is 5.11 Å². The maximum atomic E-state index is 9.33. The number of aromatic nitrogens is 2. The van der Waals surface area contributed by atoms with Crippen LogP contribution in [0.1, 0.15) is 16.0 Å². The Bertz CT molecular complexity index is 756. The summed E-state index contributed by atoms with van der Waals surface area (Å²) in [6, 6.07) is 12.4. The van der Waals surface area contributed by atoms with Crippen molar-refractivity contribution >= 4 is 11.3 Å². The maximum absolute atomic E-state index is 9.33. The van der Waals surface area contributed by atoms with Crippen molar-refractivity contribution in [3.8, 4) is 10.6 Å². The molecule has 0 atom stereocenters. The topological polar surface area (TPSA) is 49.2 Å². The van der Waals surface area contributed by atoms with Crippen LogP contribution in [0.3, 0.4) is 0 Å². The summed E-state index contributed by atoms with van der Waals surface area (Å²) in [5.74, 6) is 0. The van der Waals surface area contributed by atoms with Gasteiger partial charge in [0.25, 0.3) is 0 Å². The Morgan fingerprint density at radius 2 is 1.92 bits per heavy atom. The minimum absolute atomic E-state index is 0.143. The Labute approximate surface area is 146 Å². The Morgan fingerprint density at radius 1 is 1.08 bits per heavy atom. The number of pyridine rings is 1. The van der Waals surface area contributed by atoms with Gasteiger partial charge in [0.15, 0.2) is 0 Å². The smallest absolute Gasteiger partial charge is 0.123 e. The molecular formula is C19H21N3OS. The van der Waals surface area contributed by atoms with Gasteiger partial charge in [0, 0.05) is 48.7 Å². The standard InChI is InChI=1S/C19H21N3OS/c1-15-4-6-17(7-5-15)19-21-12-18(24-19)14-22(9-10-23)13-16-3-2-8-20-11-16/h2-8,11-12,23H,9-10,13-14H2,1H3. The first-order chi connectivity index (χ1) is 11.7. The number of rotatable bonds is 7. The zero-order valence-electron chi connectivity index (χ0n) is 13.7. The van der Waals surface area contributed by atoms with Gasteiger partial charge in [-0.3, -0.25) is 9.88 Å². The van der Waals surface area contributed by atoms with E-state index >= 15 is 0 Å². The van der Waals surface area contributed by atoms with E-state index in [-0.39, 0.29) is 6.61 Å². The van der Waals surface area contributed by atoms with Crippen molar-refractivity contribution in [2.24, 2.45) is 0 Å². The minimum Gasteiger partial charge on any atom is -0.395 e. The summed E-state index contributed by atoms with van der Waals surface area (Å²) in [6.07, 6.45) is 5.58. The normalized spacial score (nSPS) is 11.1. The summed E-state index contributed by atoms with van der Waals surface area (Å²) in [6.45, 7) is 4.41. The molecule has 0 unspecified atom stereocenters. The second kappa shape index (κ2) is 8.15. The number of hydrogen-bond acceptors (Lipinski definition) is 5. The molecule has 0 aliphatic carbocycles. The number of aliphatic hydroxyl groups excluding tert-OH is 1. The molecule has 0 fully saturated rings. The highest BCUT2D eigenvalue weighted by atomic mass is 32.1. The molecule has 2 aromatic heterocycles. The van der Waals surface area contributed by atoms with Gasteiger partial charge in [-0.15, -0.1) is 11.3 Å². The van der Waals surface area contributed by atoms with E-state index in [2.05, 4.69) is 52.1 Å². The van der Waals surface area contributed by atoms with E-state index in [1.54, 1.807) is 17.5 Å². The van der Waals surface area contributed by atoms with Crippen LogP contribution in [-0.4, -0.2) is 33.1 Å². The lowest BCUT2D eigenvalue weighted by atomic mass is 10.2. The SMILES string of the molecule is Cc1ccc(-c2ncc(CN(CCO)Cc3cccnc3)s2)cc1. The third-order valence-electron chi connectivity index (χ3n) is 3.78. The highest BCUT2D eigenvalue weighted by Gasteiger charge is 2.10. The Hall–Kier alpha value is -2.08. The van der Waals surface area contributed by atoms with E-state index in [1.165, 1.54) is 10.4 Å². The van der Waals surface area contributed by atoms with E-state index in [1.807, 2.05) is 18.5 Å². The predicted molar refractivity (Wildman–Crippen MR) is 97.7 cm³/mol. The number of aliphatic hydroxyl groups is 1. The monoisotopic (exact) mass is 339 g/mol. The first-order valence-corrected chi connectivity index (χ1v) is 8.80. The Balaban J connectivity index is 1.70. The minimum atomic E-state index is 0.143. The molecule has 0 aliphatic heterocycles. The summed E-state index contributed by atoms with van der Waals surface area (Å²) in [4.78, 5) is 12.1. The summed E-state index contributed by atoms with van der Waals surface area (Å²) >= 11 is 1.71. The number of hydrogen-bond donors (Lipinski definition) is 1. The molecule has 5 heteroatoms. The molecule has 2 heterocycles. The van der Waals surface area contributed by atoms with E-state index in [0.29, 0.717) is 6.54 Å². The molecule has 0 spiro atoms. The van der Waals surface area contributed by atoms with Crippen LogP contribution >= 0.6 is 11.3 Å². The van der Waals surface area contributed by atoms with Gasteiger partial charge in [-0.2, -0.15) is 0 Å². The molecule has 0 saturated carbocycles. The van der Waals surface area contributed by atoms with Crippen LogP contribution in [0, 0.1) is 6.92 Å². The second-order valence-corrected chi connectivity index (χ2v) is 6.91. The van der Waals surface area contributed by atoms with Gasteiger partial charge in [-0.25, -0.2) is 4.98 Å². The van der Waals surface area contributed by atoms with Crippen molar-refractivity contribution in [3.63, 3.8) is 0 Å². The summed E-state index contributed by atoms with van der Waals surface area (Å²) in [5, 5.41) is 10.4. The van der Waals surface area contributed by atoms with Crippen LogP contribution < -0.4 is 0 Å². The van der Waals surface area contributed by atoms with Gasteiger partial charge in [-0.1, -0.05) is 35.9 Å². The average molecular weight is 339 g/mol. The number of thiazole rings is 1. The van der Waals surface area contributed by atoms with Gasteiger partial charge in [0.05, 0.1) is 6.61 Å². The molecule has 3 rings (SSSR count). The molecule has 3 aromatic rings. The lowest BCUT2D eigenvalue weighted by Crippen LogP contribution is -2.25. The fraction of sp³-hybridized carbons (Fsp3) is 0.263. The van der Waals surface area contributed by atoms with Crippen LogP contribution in [0.5, 0.6) is 0 Å². The van der Waals surface area contributed by atoms with Crippen molar-refractivity contribution in [1.82, 2.24) is 14.9 Å². The van der Waals surface area contributed by atoms with Gasteiger partial charge < -0.3 is 5.11 Å². The highest BCUT2D eigenvalue weighted by Crippen LogP contribution is 2.26. The Morgan fingerprint density at radius 3 is 2.62 bits per heavy atom. The average Bonchev–Trinajstić information content (AvgIpc) is 3.05. The fourth-order valence-corrected chi connectivity index (χ4v) is 3.50. The maximum Gasteiger partial charge on any atom is 0.123 e. The zero-order chi connectivity index (χ0) is 16.8. The second-order valence-electron chi connectivity index (χ2n) is 5.79. The molecule has 0 radical (unpaired) electrons. The molecule has 1 aromatic carbocycles. The summed E-state index contributed by atoms with van der Waals surface area (Å²) < 4.78 is 0. The van der Waals surface area contributed by atoms with Gasteiger partial charge in [0.2, 0.25) is 0 Å². The van der Waals surface area contributed by atoms with Crippen molar-refractivity contribution in [3.05, 3.63) is 71.0 Å². The molecule has 0 aliphatic rings. The van der Waals surface area contributed by atoms with Crippen molar-refractivity contribution in [2.45, 2.75) is 20.0 Å². The van der Waals surface area contributed by atoms with E-state index < -0.39 is 0 Å². The van der Waals surface area contributed by atoms with Gasteiger partial charge >= 0.3 is 0 Å². The molecule has 0 saturated heterocycles. The van der Waals surface area contributed by atoms with E-state index in [4.69, 9.17) is 0 Å². The first kappa shape index (κ1) is 16.8. The molecule has 24 heavy (non-hydrogen) atoms. The van der Waals surface area contributed by atoms with Crippen LogP contribution in [0.25, 0.3) is 10.6 Å². The Kier molecular flexibility index (Phi) is 5.69. The molecular weight excluding hydrogens is 318 g/mol. The molecule has 1 N–H and O–H groups in total. The van der Waals surface area contributed by atoms with Crippen molar-refractivity contribution in [1.29, 1.82) is 0 Å². The van der Waals surface area contributed by atoms with Gasteiger partial charge in [-0.05, 0) is 18.6 Å². The molecule has 0 bridgehead atoms. The number of aryl methyl sites for hydroxylation is 1. The third-order valence-corrected chi connectivity index (χ3v) is 4.81. The fourth-order valence-electron chi connectivity index (χ4n) is 2.54. The number of nitrogens with zero attached hydrogens (tertiary/aromatic N) is 3. The summed E-state index contributed by atoms with van der Waals surface area (Å²) in [5.41, 5.74) is 3.55. The number of benzene rings is 1. The lowest BCUT2D eigenvalue weighted by Gasteiger charge is -2.20. The molecule has 0 amide bonds. The first-order valence-electron chi connectivity index (χ1n) is 7.98. The largest absolute Gasteiger partial charge is 0.395 e. The van der Waals surface area contributed by atoms with Crippen molar-refractivity contribution < 1.29 is 5.11 Å². The molecule has 4 nitrogen and oxygen atoms in total. The van der Waals surface area contributed by atoms with Crippen LogP contribution in [-0.2, 0) is 13.1 Å². The molecule has 124 valence electrons. The van der Waals surface area contributed by atoms with Crippen molar-refractivity contribution in [2.75, 3.05) is 13.2 Å². The lowest BCUT2D eigenvalue weighted by molar-refractivity contribution is 0.185. The summed E-state index contributed by atoms with van der Waals surface area (Å²) in [7, 11) is 0. The zero-order valence-corrected chi connectivity index (χ0v) is 14.5. The highest BCUT2D eigenvalue weighted by molar-refractivity contribution is 7.15.